The largest absolute Gasteiger partial charge is 0.478 e. The van der Waals surface area contributed by atoms with Crippen LogP contribution in [0.25, 0.3) is 22.4 Å². The summed E-state index contributed by atoms with van der Waals surface area (Å²) in [5, 5.41) is 18.6. The molecule has 25 heavy (non-hydrogen) atoms. The molecule has 0 fully saturated rings. The van der Waals surface area contributed by atoms with Crippen LogP contribution in [0.1, 0.15) is 15.9 Å². The number of carboxylic acids is 1. The fourth-order valence-corrected chi connectivity index (χ4v) is 2.56. The zero-order valence-corrected chi connectivity index (χ0v) is 13.0. The molecule has 0 unspecified atom stereocenters. The number of carbonyl (C=O) groups is 1. The SMILES string of the molecule is N#Cc1c(N)nc(N)nc1-c1ccccc1-c1cccc(C(=O)O)c1. The molecule has 0 amide bonds. The van der Waals surface area contributed by atoms with Crippen molar-refractivity contribution in [3.63, 3.8) is 0 Å². The van der Waals surface area contributed by atoms with Crippen LogP contribution in [0.2, 0.25) is 0 Å². The van der Waals surface area contributed by atoms with Gasteiger partial charge in [-0.3, -0.25) is 0 Å². The van der Waals surface area contributed by atoms with Gasteiger partial charge >= 0.3 is 5.97 Å². The number of rotatable bonds is 3. The zero-order chi connectivity index (χ0) is 18.0. The Balaban J connectivity index is 2.27. The highest BCUT2D eigenvalue weighted by Crippen LogP contribution is 2.34. The second kappa shape index (κ2) is 6.29. The summed E-state index contributed by atoms with van der Waals surface area (Å²) >= 11 is 0. The van der Waals surface area contributed by atoms with E-state index < -0.39 is 5.97 Å². The van der Waals surface area contributed by atoms with Gasteiger partial charge in [0.25, 0.3) is 0 Å². The number of nitrogen functional groups attached to an aromatic ring is 2. The molecule has 3 rings (SSSR count). The maximum absolute atomic E-state index is 11.2. The number of anilines is 2. The van der Waals surface area contributed by atoms with Crippen LogP contribution in [0.3, 0.4) is 0 Å². The first-order chi connectivity index (χ1) is 12.0. The molecule has 0 bridgehead atoms. The van der Waals surface area contributed by atoms with Gasteiger partial charge in [-0.15, -0.1) is 0 Å². The van der Waals surface area contributed by atoms with Crippen LogP contribution in [-0.2, 0) is 0 Å². The molecule has 7 nitrogen and oxygen atoms in total. The molecule has 122 valence electrons. The van der Waals surface area contributed by atoms with E-state index in [1.54, 1.807) is 30.3 Å². The van der Waals surface area contributed by atoms with Gasteiger partial charge in [-0.2, -0.15) is 10.2 Å². The molecule has 2 aromatic carbocycles. The molecule has 1 heterocycles. The van der Waals surface area contributed by atoms with Crippen molar-refractivity contribution in [3.8, 4) is 28.5 Å². The van der Waals surface area contributed by atoms with E-state index in [9.17, 15) is 15.2 Å². The molecule has 0 spiro atoms. The van der Waals surface area contributed by atoms with Crippen LogP contribution < -0.4 is 11.5 Å². The van der Waals surface area contributed by atoms with E-state index >= 15 is 0 Å². The lowest BCUT2D eigenvalue weighted by molar-refractivity contribution is 0.0697. The number of aromatic nitrogens is 2. The Morgan fingerprint density at radius 1 is 1.04 bits per heavy atom. The molecule has 0 atom stereocenters. The lowest BCUT2D eigenvalue weighted by Crippen LogP contribution is -2.05. The van der Waals surface area contributed by atoms with Gasteiger partial charge in [0.05, 0.1) is 11.3 Å². The molecule has 0 saturated heterocycles. The molecule has 5 N–H and O–H groups in total. The number of nitrogens with two attached hydrogens (primary N) is 2. The first-order valence-corrected chi connectivity index (χ1v) is 7.27. The predicted molar refractivity (Wildman–Crippen MR) is 93.4 cm³/mol. The number of carboxylic acid groups (broad SMARTS) is 1. The highest BCUT2D eigenvalue weighted by molar-refractivity contribution is 5.92. The highest BCUT2D eigenvalue weighted by atomic mass is 16.4. The van der Waals surface area contributed by atoms with Crippen LogP contribution in [0, 0.1) is 11.3 Å². The molecule has 7 heteroatoms. The summed E-state index contributed by atoms with van der Waals surface area (Å²) in [4.78, 5) is 19.2. The minimum absolute atomic E-state index is 0.000843. The second-order valence-corrected chi connectivity index (χ2v) is 5.23. The summed E-state index contributed by atoms with van der Waals surface area (Å²) in [6, 6.07) is 15.7. The van der Waals surface area contributed by atoms with Crippen molar-refractivity contribution in [1.29, 1.82) is 5.26 Å². The van der Waals surface area contributed by atoms with Gasteiger partial charge in [-0.05, 0) is 23.3 Å². The van der Waals surface area contributed by atoms with E-state index in [2.05, 4.69) is 9.97 Å². The summed E-state index contributed by atoms with van der Waals surface area (Å²) in [6.07, 6.45) is 0. The Labute approximate surface area is 143 Å². The summed E-state index contributed by atoms with van der Waals surface area (Å²) in [5.41, 5.74) is 14.1. The number of nitrogens with zero attached hydrogens (tertiary/aromatic N) is 3. The van der Waals surface area contributed by atoms with Crippen molar-refractivity contribution in [2.75, 3.05) is 11.5 Å². The summed E-state index contributed by atoms with van der Waals surface area (Å²) in [6.45, 7) is 0. The van der Waals surface area contributed by atoms with Crippen LogP contribution in [0.15, 0.2) is 48.5 Å². The molecular weight excluding hydrogens is 318 g/mol. The Hall–Kier alpha value is -3.92. The van der Waals surface area contributed by atoms with E-state index in [4.69, 9.17) is 11.5 Å². The molecule has 0 radical (unpaired) electrons. The third-order valence-corrected chi connectivity index (χ3v) is 3.67. The molecule has 1 aromatic heterocycles. The number of hydrogen-bond donors (Lipinski definition) is 3. The average molecular weight is 331 g/mol. The number of aromatic carboxylic acids is 1. The summed E-state index contributed by atoms with van der Waals surface area (Å²) in [7, 11) is 0. The lowest BCUT2D eigenvalue weighted by atomic mass is 9.94. The first kappa shape index (κ1) is 16.0. The quantitative estimate of drug-likeness (QED) is 0.670. The highest BCUT2D eigenvalue weighted by Gasteiger charge is 2.17. The van der Waals surface area contributed by atoms with E-state index in [0.717, 1.165) is 0 Å². The lowest BCUT2D eigenvalue weighted by Gasteiger charge is -2.12. The van der Waals surface area contributed by atoms with Crippen molar-refractivity contribution in [3.05, 3.63) is 59.7 Å². The predicted octanol–water partition coefficient (Wildman–Crippen LogP) is 2.54. The first-order valence-electron chi connectivity index (χ1n) is 7.27. The monoisotopic (exact) mass is 331 g/mol. The van der Waals surface area contributed by atoms with Crippen LogP contribution in [0.4, 0.5) is 11.8 Å². The van der Waals surface area contributed by atoms with Gasteiger partial charge < -0.3 is 16.6 Å². The van der Waals surface area contributed by atoms with Crippen molar-refractivity contribution < 1.29 is 9.90 Å². The number of nitriles is 1. The fraction of sp³-hybridized carbons (Fsp3) is 0. The normalized spacial score (nSPS) is 10.2. The molecule has 0 aliphatic heterocycles. The Morgan fingerprint density at radius 3 is 2.44 bits per heavy atom. The van der Waals surface area contributed by atoms with Crippen molar-refractivity contribution >= 4 is 17.7 Å². The Kier molecular flexibility index (Phi) is 4.02. The molecular formula is C18H13N5O2. The third-order valence-electron chi connectivity index (χ3n) is 3.67. The molecule has 0 aliphatic carbocycles. The summed E-state index contributed by atoms with van der Waals surface area (Å²) in [5.74, 6) is -1.06. The van der Waals surface area contributed by atoms with Crippen molar-refractivity contribution in [1.82, 2.24) is 9.97 Å². The van der Waals surface area contributed by atoms with E-state index in [-0.39, 0.29) is 22.9 Å². The number of hydrogen-bond acceptors (Lipinski definition) is 6. The van der Waals surface area contributed by atoms with Gasteiger partial charge in [-0.1, -0.05) is 36.4 Å². The maximum atomic E-state index is 11.2. The van der Waals surface area contributed by atoms with Gasteiger partial charge in [0.2, 0.25) is 5.95 Å². The number of benzene rings is 2. The molecule has 0 saturated carbocycles. The molecule has 0 aliphatic rings. The van der Waals surface area contributed by atoms with Gasteiger partial charge in [-0.25, -0.2) is 9.78 Å². The Morgan fingerprint density at radius 2 is 1.76 bits per heavy atom. The van der Waals surface area contributed by atoms with E-state index in [1.807, 2.05) is 18.2 Å². The maximum Gasteiger partial charge on any atom is 0.335 e. The Bertz CT molecular complexity index is 1020. The standard InChI is InChI=1S/C18H13N5O2/c19-9-14-15(22-18(21)23-16(14)20)13-7-2-1-6-12(13)10-4-3-5-11(8-10)17(24)25/h1-8H,(H,24,25)(H4,20,21,22,23). The van der Waals surface area contributed by atoms with Gasteiger partial charge in [0.15, 0.2) is 0 Å². The molecule has 3 aromatic rings. The third kappa shape index (κ3) is 2.96. The van der Waals surface area contributed by atoms with Crippen LogP contribution >= 0.6 is 0 Å². The zero-order valence-electron chi connectivity index (χ0n) is 13.0. The van der Waals surface area contributed by atoms with Crippen molar-refractivity contribution in [2.45, 2.75) is 0 Å². The minimum atomic E-state index is -1.02. The summed E-state index contributed by atoms with van der Waals surface area (Å²) < 4.78 is 0. The van der Waals surface area contributed by atoms with Crippen LogP contribution in [-0.4, -0.2) is 21.0 Å². The van der Waals surface area contributed by atoms with Gasteiger partial charge in [0.1, 0.15) is 17.5 Å². The minimum Gasteiger partial charge on any atom is -0.478 e. The van der Waals surface area contributed by atoms with Crippen molar-refractivity contribution in [2.24, 2.45) is 0 Å². The van der Waals surface area contributed by atoms with Crippen LogP contribution in [0.5, 0.6) is 0 Å². The van der Waals surface area contributed by atoms with Gasteiger partial charge in [0, 0.05) is 5.56 Å². The second-order valence-electron chi connectivity index (χ2n) is 5.23. The topological polar surface area (TPSA) is 139 Å². The smallest absolute Gasteiger partial charge is 0.335 e. The fourth-order valence-electron chi connectivity index (χ4n) is 2.56. The average Bonchev–Trinajstić information content (AvgIpc) is 2.61. The van der Waals surface area contributed by atoms with E-state index in [0.29, 0.717) is 22.4 Å². The van der Waals surface area contributed by atoms with E-state index in [1.165, 1.54) is 6.07 Å².